The fourth-order valence-electron chi connectivity index (χ4n) is 1.53. The van der Waals surface area contributed by atoms with Gasteiger partial charge in [0, 0.05) is 6.04 Å². The Labute approximate surface area is 79.2 Å². The van der Waals surface area contributed by atoms with Gasteiger partial charge in [0.25, 0.3) is 0 Å². The Morgan fingerprint density at radius 1 is 1.08 bits per heavy atom. The van der Waals surface area contributed by atoms with Crippen LogP contribution in [0.25, 0.3) is 0 Å². The molecule has 0 aliphatic heterocycles. The van der Waals surface area contributed by atoms with Gasteiger partial charge in [0.05, 0.1) is 0 Å². The molecule has 0 fully saturated rings. The van der Waals surface area contributed by atoms with Gasteiger partial charge in [-0.2, -0.15) is 0 Å². The molecule has 0 saturated heterocycles. The molecule has 76 valence electrons. The molecule has 0 radical (unpaired) electrons. The van der Waals surface area contributed by atoms with Gasteiger partial charge in [0.1, 0.15) is 0 Å². The van der Waals surface area contributed by atoms with Crippen LogP contribution in [0.15, 0.2) is 0 Å². The molecule has 0 saturated carbocycles. The van der Waals surface area contributed by atoms with E-state index in [0.29, 0.717) is 0 Å². The van der Waals surface area contributed by atoms with Crippen LogP contribution in [-0.2, 0) is 0 Å². The Hall–Kier alpha value is -0.0400. The predicted octanol–water partition coefficient (Wildman–Crippen LogP) is 3.40. The smallest absolute Gasteiger partial charge is 0.0112 e. The molecule has 1 atom stereocenters. The quantitative estimate of drug-likeness (QED) is 0.630. The summed E-state index contributed by atoms with van der Waals surface area (Å²) in [7, 11) is 2.20. The highest BCUT2D eigenvalue weighted by molar-refractivity contribution is 4.68. The normalized spacial score (nSPS) is 12.8. The van der Waals surface area contributed by atoms with Crippen molar-refractivity contribution in [1.82, 2.24) is 4.90 Å². The lowest BCUT2D eigenvalue weighted by Gasteiger charge is -2.28. The molecule has 1 heteroatoms. The van der Waals surface area contributed by atoms with Crippen molar-refractivity contribution in [1.29, 1.82) is 0 Å². The summed E-state index contributed by atoms with van der Waals surface area (Å²) in [6, 6.07) is 0.769. The zero-order valence-corrected chi connectivity index (χ0v) is 10.0. The van der Waals surface area contributed by atoms with Crippen molar-refractivity contribution in [3.8, 4) is 0 Å². The molecule has 0 spiro atoms. The standard InChI is InChI=1S/C9H21N.C2H6/c1-6-9(8(3)4)10(5)7-2;1-2/h8-9H,6-7H2,1-5H3;1-2H3. The van der Waals surface area contributed by atoms with Crippen molar-refractivity contribution >= 4 is 0 Å². The second-order valence-corrected chi connectivity index (χ2v) is 3.29. The van der Waals surface area contributed by atoms with Crippen molar-refractivity contribution in [2.24, 2.45) is 5.92 Å². The van der Waals surface area contributed by atoms with E-state index in [-0.39, 0.29) is 0 Å². The van der Waals surface area contributed by atoms with Crippen LogP contribution in [0, 0.1) is 5.92 Å². The zero-order chi connectivity index (χ0) is 10.1. The van der Waals surface area contributed by atoms with E-state index in [9.17, 15) is 0 Å². The van der Waals surface area contributed by atoms with Gasteiger partial charge in [0.15, 0.2) is 0 Å². The van der Waals surface area contributed by atoms with Crippen LogP contribution in [0.4, 0.5) is 0 Å². The first kappa shape index (κ1) is 14.5. The minimum Gasteiger partial charge on any atom is -0.303 e. The van der Waals surface area contributed by atoms with Crippen LogP contribution in [0.2, 0.25) is 0 Å². The highest BCUT2D eigenvalue weighted by Crippen LogP contribution is 2.11. The summed E-state index contributed by atoms with van der Waals surface area (Å²) in [6.07, 6.45) is 1.27. The topological polar surface area (TPSA) is 3.24 Å². The average Bonchev–Trinajstić information content (AvgIpc) is 2.08. The minimum absolute atomic E-state index is 0.769. The van der Waals surface area contributed by atoms with Crippen LogP contribution in [0.1, 0.15) is 48.0 Å². The molecule has 1 unspecified atom stereocenters. The van der Waals surface area contributed by atoms with Crippen LogP contribution in [0.5, 0.6) is 0 Å². The average molecular weight is 173 g/mol. The maximum Gasteiger partial charge on any atom is 0.0112 e. The maximum atomic E-state index is 2.42. The van der Waals surface area contributed by atoms with E-state index < -0.39 is 0 Å². The highest BCUT2D eigenvalue weighted by atomic mass is 15.1. The Balaban J connectivity index is 0. The number of rotatable bonds is 4. The van der Waals surface area contributed by atoms with Crippen molar-refractivity contribution in [3.63, 3.8) is 0 Å². The van der Waals surface area contributed by atoms with Gasteiger partial charge in [-0.25, -0.2) is 0 Å². The zero-order valence-electron chi connectivity index (χ0n) is 10.0. The predicted molar refractivity (Wildman–Crippen MR) is 58.6 cm³/mol. The lowest BCUT2D eigenvalue weighted by molar-refractivity contribution is 0.195. The molecule has 0 amide bonds. The number of nitrogens with zero attached hydrogens (tertiary/aromatic N) is 1. The fraction of sp³-hybridized carbons (Fsp3) is 1.00. The van der Waals surface area contributed by atoms with Crippen molar-refractivity contribution in [2.45, 2.75) is 54.0 Å². The van der Waals surface area contributed by atoms with E-state index in [1.54, 1.807) is 0 Å². The molecule has 0 aliphatic carbocycles. The molecule has 0 rings (SSSR count). The van der Waals surface area contributed by atoms with E-state index in [0.717, 1.165) is 18.5 Å². The maximum absolute atomic E-state index is 2.42. The van der Waals surface area contributed by atoms with Gasteiger partial charge in [0.2, 0.25) is 0 Å². The largest absolute Gasteiger partial charge is 0.303 e. The molecular formula is C11H27N. The summed E-state index contributed by atoms with van der Waals surface area (Å²) < 4.78 is 0. The molecule has 1 nitrogen and oxygen atoms in total. The summed E-state index contributed by atoms with van der Waals surface area (Å²) >= 11 is 0. The van der Waals surface area contributed by atoms with Crippen molar-refractivity contribution in [2.75, 3.05) is 13.6 Å². The molecule has 0 aromatic rings. The third kappa shape index (κ3) is 5.59. The molecule has 0 bridgehead atoms. The van der Waals surface area contributed by atoms with E-state index >= 15 is 0 Å². The third-order valence-electron chi connectivity index (χ3n) is 2.25. The lowest BCUT2D eigenvalue weighted by atomic mass is 10.0. The molecule has 0 heterocycles. The van der Waals surface area contributed by atoms with Gasteiger partial charge in [-0.1, -0.05) is 41.5 Å². The lowest BCUT2D eigenvalue weighted by Crippen LogP contribution is -2.34. The molecular weight excluding hydrogens is 146 g/mol. The third-order valence-corrected chi connectivity index (χ3v) is 2.25. The summed E-state index contributed by atoms with van der Waals surface area (Å²) in [4.78, 5) is 2.42. The van der Waals surface area contributed by atoms with Crippen molar-refractivity contribution < 1.29 is 0 Å². The second kappa shape index (κ2) is 9.05. The molecule has 0 N–H and O–H groups in total. The summed E-state index contributed by atoms with van der Waals surface area (Å²) in [5.74, 6) is 0.787. The number of hydrogen-bond acceptors (Lipinski definition) is 1. The molecule has 0 aromatic heterocycles. The van der Waals surface area contributed by atoms with Gasteiger partial charge in [-0.15, -0.1) is 0 Å². The van der Waals surface area contributed by atoms with E-state index in [4.69, 9.17) is 0 Å². The minimum atomic E-state index is 0.769. The van der Waals surface area contributed by atoms with Crippen molar-refractivity contribution in [3.05, 3.63) is 0 Å². The van der Waals surface area contributed by atoms with E-state index in [1.165, 1.54) is 6.42 Å². The van der Waals surface area contributed by atoms with Crippen LogP contribution in [-0.4, -0.2) is 24.5 Å². The first-order valence-corrected chi connectivity index (χ1v) is 5.33. The fourth-order valence-corrected chi connectivity index (χ4v) is 1.53. The molecule has 0 aliphatic rings. The molecule has 0 aromatic carbocycles. The first-order chi connectivity index (χ1) is 5.63. The number of hydrogen-bond donors (Lipinski definition) is 0. The molecule has 12 heavy (non-hydrogen) atoms. The van der Waals surface area contributed by atoms with E-state index in [2.05, 4.69) is 39.6 Å². The summed E-state index contributed by atoms with van der Waals surface area (Å²) in [6.45, 7) is 14.2. The van der Waals surface area contributed by atoms with Gasteiger partial charge in [-0.05, 0) is 25.9 Å². The Morgan fingerprint density at radius 3 is 1.58 bits per heavy atom. The summed E-state index contributed by atoms with van der Waals surface area (Å²) in [5.41, 5.74) is 0. The summed E-state index contributed by atoms with van der Waals surface area (Å²) in [5, 5.41) is 0. The van der Waals surface area contributed by atoms with Crippen LogP contribution in [0.3, 0.4) is 0 Å². The Bertz CT molecular complexity index is 79.1. The monoisotopic (exact) mass is 173 g/mol. The second-order valence-electron chi connectivity index (χ2n) is 3.29. The first-order valence-electron chi connectivity index (χ1n) is 5.33. The Kier molecular flexibility index (Phi) is 10.9. The Morgan fingerprint density at radius 2 is 1.50 bits per heavy atom. The van der Waals surface area contributed by atoms with Crippen LogP contribution < -0.4 is 0 Å². The van der Waals surface area contributed by atoms with Crippen LogP contribution >= 0.6 is 0 Å². The van der Waals surface area contributed by atoms with Gasteiger partial charge in [-0.3, -0.25) is 0 Å². The van der Waals surface area contributed by atoms with Gasteiger partial charge >= 0.3 is 0 Å². The van der Waals surface area contributed by atoms with E-state index in [1.807, 2.05) is 13.8 Å². The SMILES string of the molecule is CC.CCC(C(C)C)N(C)CC. The highest BCUT2D eigenvalue weighted by Gasteiger charge is 2.13. The van der Waals surface area contributed by atoms with Gasteiger partial charge < -0.3 is 4.90 Å².